The third kappa shape index (κ3) is 1.46. The van der Waals surface area contributed by atoms with Crippen LogP contribution >= 0.6 is 0 Å². The summed E-state index contributed by atoms with van der Waals surface area (Å²) < 4.78 is 0. The van der Waals surface area contributed by atoms with Crippen LogP contribution in [0.1, 0.15) is 6.92 Å². The van der Waals surface area contributed by atoms with Crippen LogP contribution in [-0.2, 0) is 0 Å². The first-order chi connectivity index (χ1) is 4.72. The zero-order valence-corrected chi connectivity index (χ0v) is 6.07. The third-order valence-corrected chi connectivity index (χ3v) is 1.75. The second kappa shape index (κ2) is 2.99. The van der Waals surface area contributed by atoms with Crippen molar-refractivity contribution in [3.63, 3.8) is 0 Å². The van der Waals surface area contributed by atoms with Crippen molar-refractivity contribution in [2.75, 3.05) is 0 Å². The minimum absolute atomic E-state index is 0.0243. The van der Waals surface area contributed by atoms with Crippen LogP contribution < -0.4 is 5.73 Å². The molecule has 2 heteroatoms. The van der Waals surface area contributed by atoms with Crippen LogP contribution in [-0.4, -0.2) is 17.3 Å². The molecule has 0 fully saturated rings. The molecule has 0 amide bonds. The molecule has 1 aliphatic rings. The van der Waals surface area contributed by atoms with E-state index >= 15 is 0 Å². The number of aliphatic hydroxyl groups is 1. The van der Waals surface area contributed by atoms with E-state index in [9.17, 15) is 5.11 Å². The fraction of sp³-hybridized carbons (Fsp3) is 0.500. The van der Waals surface area contributed by atoms with Gasteiger partial charge in [0, 0.05) is 12.0 Å². The van der Waals surface area contributed by atoms with Gasteiger partial charge in [0.25, 0.3) is 0 Å². The second-order valence-corrected chi connectivity index (χ2v) is 2.70. The third-order valence-electron chi connectivity index (χ3n) is 1.75. The Morgan fingerprint density at radius 2 is 2.00 bits per heavy atom. The lowest BCUT2D eigenvalue weighted by atomic mass is 9.92. The molecule has 0 saturated carbocycles. The standard InChI is InChI=1S/C8H13NO/c1-6(9)7-4-2-3-5-8(7)10/h2-8,10H,9H2,1H3. The van der Waals surface area contributed by atoms with E-state index in [1.54, 1.807) is 6.08 Å². The fourth-order valence-corrected chi connectivity index (χ4v) is 1.10. The molecule has 1 rings (SSSR count). The number of allylic oxidation sites excluding steroid dienone is 2. The van der Waals surface area contributed by atoms with Gasteiger partial charge in [-0.15, -0.1) is 0 Å². The van der Waals surface area contributed by atoms with Gasteiger partial charge in [-0.3, -0.25) is 0 Å². The second-order valence-electron chi connectivity index (χ2n) is 2.70. The summed E-state index contributed by atoms with van der Waals surface area (Å²) in [5.41, 5.74) is 5.61. The lowest BCUT2D eigenvalue weighted by Crippen LogP contribution is -2.34. The smallest absolute Gasteiger partial charge is 0.0801 e. The molecule has 0 heterocycles. The minimum Gasteiger partial charge on any atom is -0.388 e. The summed E-state index contributed by atoms with van der Waals surface area (Å²) in [5, 5.41) is 9.32. The molecule has 0 aromatic rings. The summed E-state index contributed by atoms with van der Waals surface area (Å²) >= 11 is 0. The van der Waals surface area contributed by atoms with Gasteiger partial charge in [0.05, 0.1) is 6.10 Å². The van der Waals surface area contributed by atoms with Crippen LogP contribution in [0.2, 0.25) is 0 Å². The maximum atomic E-state index is 9.32. The Bertz CT molecular complexity index is 161. The molecule has 3 atom stereocenters. The minimum atomic E-state index is -0.398. The van der Waals surface area contributed by atoms with Gasteiger partial charge in [0.2, 0.25) is 0 Å². The van der Waals surface area contributed by atoms with E-state index in [0.29, 0.717) is 0 Å². The van der Waals surface area contributed by atoms with Crippen LogP contribution in [0.3, 0.4) is 0 Å². The molecule has 0 aromatic heterocycles. The molecule has 10 heavy (non-hydrogen) atoms. The number of nitrogens with two attached hydrogens (primary N) is 1. The van der Waals surface area contributed by atoms with Crippen molar-refractivity contribution in [3.8, 4) is 0 Å². The topological polar surface area (TPSA) is 46.2 Å². The number of rotatable bonds is 1. The zero-order chi connectivity index (χ0) is 7.56. The lowest BCUT2D eigenvalue weighted by Gasteiger charge is -2.22. The van der Waals surface area contributed by atoms with Crippen molar-refractivity contribution in [1.29, 1.82) is 0 Å². The van der Waals surface area contributed by atoms with Gasteiger partial charge in [-0.05, 0) is 6.92 Å². The molecule has 0 radical (unpaired) electrons. The summed E-state index contributed by atoms with van der Waals surface area (Å²) in [6.45, 7) is 1.90. The van der Waals surface area contributed by atoms with Gasteiger partial charge in [0.15, 0.2) is 0 Å². The predicted molar refractivity (Wildman–Crippen MR) is 41.4 cm³/mol. The summed E-state index contributed by atoms with van der Waals surface area (Å²) in [5.74, 6) is 0.0880. The molecular formula is C8H13NO. The van der Waals surface area contributed by atoms with Gasteiger partial charge in [-0.25, -0.2) is 0 Å². The fourth-order valence-electron chi connectivity index (χ4n) is 1.10. The van der Waals surface area contributed by atoms with E-state index in [4.69, 9.17) is 5.73 Å². The molecule has 0 saturated heterocycles. The molecular weight excluding hydrogens is 126 g/mol. The molecule has 3 unspecified atom stereocenters. The summed E-state index contributed by atoms with van der Waals surface area (Å²) in [4.78, 5) is 0. The first-order valence-electron chi connectivity index (χ1n) is 3.50. The number of hydrogen-bond donors (Lipinski definition) is 2. The monoisotopic (exact) mass is 139 g/mol. The SMILES string of the molecule is CC(N)C1C=CC=CC1O. The van der Waals surface area contributed by atoms with Gasteiger partial charge < -0.3 is 10.8 Å². The first-order valence-corrected chi connectivity index (χ1v) is 3.50. The van der Waals surface area contributed by atoms with Crippen LogP contribution in [0.5, 0.6) is 0 Å². The van der Waals surface area contributed by atoms with Crippen LogP contribution in [0, 0.1) is 5.92 Å². The Labute approximate surface area is 61.0 Å². The summed E-state index contributed by atoms with van der Waals surface area (Å²) in [6.07, 6.45) is 7.05. The number of aliphatic hydroxyl groups excluding tert-OH is 1. The maximum Gasteiger partial charge on any atom is 0.0801 e. The molecule has 0 aliphatic heterocycles. The van der Waals surface area contributed by atoms with Gasteiger partial charge in [-0.1, -0.05) is 24.3 Å². The highest BCUT2D eigenvalue weighted by atomic mass is 16.3. The van der Waals surface area contributed by atoms with Crippen molar-refractivity contribution >= 4 is 0 Å². The van der Waals surface area contributed by atoms with E-state index in [1.165, 1.54) is 0 Å². The van der Waals surface area contributed by atoms with Gasteiger partial charge in [0.1, 0.15) is 0 Å². The van der Waals surface area contributed by atoms with Crippen LogP contribution in [0.15, 0.2) is 24.3 Å². The maximum absolute atomic E-state index is 9.32. The molecule has 2 nitrogen and oxygen atoms in total. The largest absolute Gasteiger partial charge is 0.388 e. The predicted octanol–water partition coefficient (Wildman–Crippen LogP) is 0.437. The Morgan fingerprint density at radius 3 is 2.40 bits per heavy atom. The molecule has 0 spiro atoms. The van der Waals surface area contributed by atoms with Crippen molar-refractivity contribution in [2.45, 2.75) is 19.1 Å². The Hall–Kier alpha value is -0.600. The van der Waals surface area contributed by atoms with Crippen LogP contribution in [0.25, 0.3) is 0 Å². The van der Waals surface area contributed by atoms with Crippen molar-refractivity contribution in [3.05, 3.63) is 24.3 Å². The summed E-state index contributed by atoms with van der Waals surface area (Å²) in [6, 6.07) is 0.0243. The van der Waals surface area contributed by atoms with E-state index in [1.807, 2.05) is 25.2 Å². The van der Waals surface area contributed by atoms with Gasteiger partial charge in [-0.2, -0.15) is 0 Å². The number of hydrogen-bond acceptors (Lipinski definition) is 2. The average Bonchev–Trinajstić information content (AvgIpc) is 1.88. The highest BCUT2D eigenvalue weighted by Crippen LogP contribution is 2.14. The quantitative estimate of drug-likeness (QED) is 0.553. The molecule has 0 bridgehead atoms. The molecule has 3 N–H and O–H groups in total. The van der Waals surface area contributed by atoms with Crippen molar-refractivity contribution in [1.82, 2.24) is 0 Å². The Kier molecular flexibility index (Phi) is 2.25. The normalized spacial score (nSPS) is 34.3. The van der Waals surface area contributed by atoms with E-state index < -0.39 is 6.10 Å². The van der Waals surface area contributed by atoms with Crippen molar-refractivity contribution in [2.24, 2.45) is 11.7 Å². The van der Waals surface area contributed by atoms with Crippen molar-refractivity contribution < 1.29 is 5.11 Å². The Morgan fingerprint density at radius 1 is 1.40 bits per heavy atom. The summed E-state index contributed by atoms with van der Waals surface area (Å²) in [7, 11) is 0. The Balaban J connectivity index is 2.61. The lowest BCUT2D eigenvalue weighted by molar-refractivity contribution is 0.163. The zero-order valence-electron chi connectivity index (χ0n) is 6.07. The van der Waals surface area contributed by atoms with Gasteiger partial charge >= 0.3 is 0 Å². The first kappa shape index (κ1) is 7.51. The molecule has 1 aliphatic carbocycles. The average molecular weight is 139 g/mol. The van der Waals surface area contributed by atoms with Crippen LogP contribution in [0.4, 0.5) is 0 Å². The van der Waals surface area contributed by atoms with E-state index in [2.05, 4.69) is 0 Å². The molecule has 56 valence electrons. The molecule has 0 aromatic carbocycles. The van der Waals surface area contributed by atoms with E-state index in [0.717, 1.165) is 0 Å². The highest BCUT2D eigenvalue weighted by Gasteiger charge is 2.18. The van der Waals surface area contributed by atoms with E-state index in [-0.39, 0.29) is 12.0 Å². The highest BCUT2D eigenvalue weighted by molar-refractivity contribution is 5.16.